The highest BCUT2D eigenvalue weighted by atomic mass is 19.4. The number of aryl methyl sites for hydroxylation is 1. The predicted molar refractivity (Wildman–Crippen MR) is 69.2 cm³/mol. The zero-order valence-electron chi connectivity index (χ0n) is 11.2. The second-order valence-corrected chi connectivity index (χ2v) is 4.57. The summed E-state index contributed by atoms with van der Waals surface area (Å²) in [6.07, 6.45) is -2.08. The number of unbranched alkanes of at least 4 members (excludes halogenated alkanes) is 2. The zero-order chi connectivity index (χ0) is 15.3. The van der Waals surface area contributed by atoms with Gasteiger partial charge in [-0.2, -0.15) is 18.0 Å². The van der Waals surface area contributed by atoms with E-state index in [1.54, 1.807) is 0 Å². The molecule has 2 rings (SSSR count). The van der Waals surface area contributed by atoms with Gasteiger partial charge in [0.1, 0.15) is 0 Å². The smallest absolute Gasteiger partial charge is 0.396 e. The summed E-state index contributed by atoms with van der Waals surface area (Å²) < 4.78 is 37.9. The van der Waals surface area contributed by atoms with Gasteiger partial charge in [0.15, 0.2) is 0 Å². The van der Waals surface area contributed by atoms with Crippen molar-refractivity contribution in [1.82, 2.24) is 20.2 Å². The molecule has 0 unspecified atom stereocenters. The van der Waals surface area contributed by atoms with Gasteiger partial charge < -0.3 is 5.11 Å². The Kier molecular flexibility index (Phi) is 4.89. The summed E-state index contributed by atoms with van der Waals surface area (Å²) in [6.45, 7) is 0.659. The van der Waals surface area contributed by atoms with Crippen molar-refractivity contribution in [1.29, 1.82) is 0 Å². The van der Waals surface area contributed by atoms with Crippen molar-refractivity contribution in [3.8, 4) is 11.4 Å². The molecule has 0 saturated heterocycles. The molecule has 0 aliphatic carbocycles. The Labute approximate surface area is 119 Å². The molecule has 21 heavy (non-hydrogen) atoms. The quantitative estimate of drug-likeness (QED) is 0.833. The summed E-state index contributed by atoms with van der Waals surface area (Å²) in [5.41, 5.74) is -0.453. The van der Waals surface area contributed by atoms with Crippen LogP contribution in [0.2, 0.25) is 0 Å². The largest absolute Gasteiger partial charge is 0.416 e. The number of hydrogen-bond donors (Lipinski definition) is 1. The first-order valence-corrected chi connectivity index (χ1v) is 6.57. The highest BCUT2D eigenvalue weighted by Crippen LogP contribution is 2.31. The third kappa shape index (κ3) is 4.25. The average Bonchev–Trinajstić information content (AvgIpc) is 2.92. The maximum Gasteiger partial charge on any atom is 0.416 e. The lowest BCUT2D eigenvalue weighted by atomic mass is 10.1. The lowest BCUT2D eigenvalue weighted by molar-refractivity contribution is -0.137. The summed E-state index contributed by atoms with van der Waals surface area (Å²) in [5.74, 6) is 0.170. The van der Waals surface area contributed by atoms with Crippen LogP contribution in [0.5, 0.6) is 0 Å². The van der Waals surface area contributed by atoms with Crippen LogP contribution in [0, 0.1) is 0 Å². The van der Waals surface area contributed by atoms with E-state index < -0.39 is 11.7 Å². The van der Waals surface area contributed by atoms with Crippen molar-refractivity contribution in [2.24, 2.45) is 0 Å². The molecule has 5 nitrogen and oxygen atoms in total. The first-order chi connectivity index (χ1) is 10.0. The van der Waals surface area contributed by atoms with Gasteiger partial charge in [-0.25, -0.2) is 0 Å². The fraction of sp³-hybridized carbons (Fsp3) is 0.462. The van der Waals surface area contributed by atoms with Gasteiger partial charge >= 0.3 is 6.18 Å². The molecule has 1 aromatic heterocycles. The van der Waals surface area contributed by atoms with Crippen LogP contribution in [-0.4, -0.2) is 31.9 Å². The van der Waals surface area contributed by atoms with E-state index in [-0.39, 0.29) is 18.0 Å². The molecular weight excluding hydrogens is 285 g/mol. The molecule has 0 saturated carbocycles. The van der Waals surface area contributed by atoms with Crippen LogP contribution in [0.3, 0.4) is 0 Å². The Balaban J connectivity index is 2.07. The minimum absolute atomic E-state index is 0.139. The molecule has 1 heterocycles. The summed E-state index contributed by atoms with van der Waals surface area (Å²) in [4.78, 5) is 1.35. The van der Waals surface area contributed by atoms with Crippen molar-refractivity contribution < 1.29 is 18.3 Å². The molecule has 0 aliphatic rings. The number of rotatable bonds is 6. The van der Waals surface area contributed by atoms with E-state index in [9.17, 15) is 13.2 Å². The number of nitrogens with zero attached hydrogens (tertiary/aromatic N) is 4. The normalized spacial score (nSPS) is 11.8. The Morgan fingerprint density at radius 1 is 1.14 bits per heavy atom. The van der Waals surface area contributed by atoms with Crippen molar-refractivity contribution in [3.05, 3.63) is 29.8 Å². The first kappa shape index (κ1) is 15.4. The van der Waals surface area contributed by atoms with E-state index >= 15 is 0 Å². The third-order valence-electron chi connectivity index (χ3n) is 2.92. The van der Waals surface area contributed by atoms with Crippen LogP contribution in [0.15, 0.2) is 24.3 Å². The van der Waals surface area contributed by atoms with Crippen molar-refractivity contribution in [2.75, 3.05) is 6.61 Å². The van der Waals surface area contributed by atoms with E-state index in [1.807, 2.05) is 0 Å². The maximum absolute atomic E-state index is 12.6. The summed E-state index contributed by atoms with van der Waals surface area (Å²) in [5, 5.41) is 20.3. The number of aromatic nitrogens is 4. The number of benzene rings is 1. The molecule has 1 N–H and O–H groups in total. The molecule has 0 bridgehead atoms. The van der Waals surface area contributed by atoms with Crippen molar-refractivity contribution in [3.63, 3.8) is 0 Å². The Hall–Kier alpha value is -1.96. The molecule has 0 spiro atoms. The van der Waals surface area contributed by atoms with Gasteiger partial charge in [0, 0.05) is 12.2 Å². The van der Waals surface area contributed by atoms with Gasteiger partial charge in [-0.3, -0.25) is 0 Å². The van der Waals surface area contributed by atoms with E-state index in [0.29, 0.717) is 13.0 Å². The highest BCUT2D eigenvalue weighted by Gasteiger charge is 2.30. The molecule has 2 aromatic rings. The second kappa shape index (κ2) is 6.66. The van der Waals surface area contributed by atoms with Crippen LogP contribution >= 0.6 is 0 Å². The maximum atomic E-state index is 12.6. The molecular formula is C13H15F3N4O. The molecule has 8 heteroatoms. The first-order valence-electron chi connectivity index (χ1n) is 6.57. The standard InChI is InChI=1S/C13H15F3N4O/c14-13(15,16)11-6-4-5-10(9-11)12-17-19-20(18-12)7-2-1-3-8-21/h4-6,9,21H,1-3,7-8H2. The lowest BCUT2D eigenvalue weighted by Gasteiger charge is -2.06. The highest BCUT2D eigenvalue weighted by molar-refractivity contribution is 5.55. The van der Waals surface area contributed by atoms with E-state index in [2.05, 4.69) is 15.4 Å². The zero-order valence-corrected chi connectivity index (χ0v) is 11.2. The van der Waals surface area contributed by atoms with Gasteiger partial charge in [-0.1, -0.05) is 12.1 Å². The predicted octanol–water partition coefficient (Wildman–Crippen LogP) is 2.52. The van der Waals surface area contributed by atoms with Crippen LogP contribution < -0.4 is 0 Å². The van der Waals surface area contributed by atoms with Gasteiger partial charge in [0.25, 0.3) is 0 Å². The second-order valence-electron chi connectivity index (χ2n) is 4.57. The summed E-state index contributed by atoms with van der Waals surface area (Å²) in [7, 11) is 0. The number of aliphatic hydroxyl groups excluding tert-OH is 1. The van der Waals surface area contributed by atoms with Crippen molar-refractivity contribution >= 4 is 0 Å². The van der Waals surface area contributed by atoms with Gasteiger partial charge in [0.05, 0.1) is 12.1 Å². The van der Waals surface area contributed by atoms with Crippen LogP contribution in [0.25, 0.3) is 11.4 Å². The Bertz CT molecular complexity index is 583. The van der Waals surface area contributed by atoms with E-state index in [1.165, 1.54) is 16.9 Å². The minimum Gasteiger partial charge on any atom is -0.396 e. The SMILES string of the molecule is OCCCCCn1nnc(-c2cccc(C(F)(F)F)c2)n1. The molecule has 1 aromatic carbocycles. The number of alkyl halides is 3. The minimum atomic E-state index is -4.39. The molecule has 114 valence electrons. The Morgan fingerprint density at radius 2 is 1.95 bits per heavy atom. The fourth-order valence-corrected chi connectivity index (χ4v) is 1.83. The summed E-state index contributed by atoms with van der Waals surface area (Å²) >= 11 is 0. The molecule has 0 amide bonds. The summed E-state index contributed by atoms with van der Waals surface area (Å²) in [6, 6.07) is 4.85. The average molecular weight is 300 g/mol. The van der Waals surface area contributed by atoms with Gasteiger partial charge in [-0.15, -0.1) is 10.2 Å². The monoisotopic (exact) mass is 300 g/mol. The molecule has 0 aliphatic heterocycles. The molecule has 0 radical (unpaired) electrons. The topological polar surface area (TPSA) is 63.8 Å². The fourth-order valence-electron chi connectivity index (χ4n) is 1.83. The van der Waals surface area contributed by atoms with Crippen LogP contribution in [0.1, 0.15) is 24.8 Å². The Morgan fingerprint density at radius 3 is 2.67 bits per heavy atom. The number of hydrogen-bond acceptors (Lipinski definition) is 4. The van der Waals surface area contributed by atoms with E-state index in [0.717, 1.165) is 25.0 Å². The van der Waals surface area contributed by atoms with Gasteiger partial charge in [-0.05, 0) is 36.6 Å². The molecule has 0 atom stereocenters. The number of tetrazole rings is 1. The van der Waals surface area contributed by atoms with Crippen LogP contribution in [-0.2, 0) is 12.7 Å². The third-order valence-corrected chi connectivity index (χ3v) is 2.92. The van der Waals surface area contributed by atoms with Gasteiger partial charge in [0.2, 0.25) is 5.82 Å². The molecule has 0 fully saturated rings. The van der Waals surface area contributed by atoms with Crippen molar-refractivity contribution in [2.45, 2.75) is 32.0 Å². The van der Waals surface area contributed by atoms with Crippen LogP contribution in [0.4, 0.5) is 13.2 Å². The van der Waals surface area contributed by atoms with E-state index in [4.69, 9.17) is 5.11 Å². The number of halogens is 3. The number of aliphatic hydroxyl groups is 1. The lowest BCUT2D eigenvalue weighted by Crippen LogP contribution is -2.05.